The summed E-state index contributed by atoms with van der Waals surface area (Å²) < 4.78 is 64.2. The summed E-state index contributed by atoms with van der Waals surface area (Å²) >= 11 is 0. The van der Waals surface area contributed by atoms with E-state index in [1.54, 1.807) is 0 Å². The Morgan fingerprint density at radius 3 is 2.56 bits per heavy atom. The van der Waals surface area contributed by atoms with Crippen LogP contribution in [0.15, 0.2) is 18.1 Å². The molecule has 25 heavy (non-hydrogen) atoms. The van der Waals surface area contributed by atoms with Crippen LogP contribution in [-0.2, 0) is 0 Å². The lowest BCUT2D eigenvalue weighted by atomic mass is 9.96. The number of rotatable bonds is 6. The van der Waals surface area contributed by atoms with Crippen molar-refractivity contribution in [2.75, 3.05) is 23.9 Å². The van der Waals surface area contributed by atoms with Crippen LogP contribution < -0.4 is 10.6 Å². The van der Waals surface area contributed by atoms with Crippen LogP contribution >= 0.6 is 0 Å². The Kier molecular flexibility index (Phi) is 5.88. The number of alkyl halides is 4. The molecule has 1 aliphatic rings. The minimum atomic E-state index is -4.73. The number of halogens is 5. The lowest BCUT2D eigenvalue weighted by molar-refractivity contribution is -0.0899. The van der Waals surface area contributed by atoms with Crippen LogP contribution in [0.25, 0.3) is 5.57 Å². The van der Waals surface area contributed by atoms with Crippen molar-refractivity contribution in [3.8, 4) is 0 Å². The van der Waals surface area contributed by atoms with E-state index < -0.39 is 36.4 Å². The second-order valence-electron chi connectivity index (χ2n) is 5.26. The monoisotopic (exact) mass is 365 g/mol. The highest BCUT2D eigenvalue weighted by Crippen LogP contribution is 2.32. The van der Waals surface area contributed by atoms with Crippen LogP contribution in [0.4, 0.5) is 33.8 Å². The highest BCUT2D eigenvalue weighted by molar-refractivity contribution is 5.65. The van der Waals surface area contributed by atoms with Crippen molar-refractivity contribution in [2.24, 2.45) is 0 Å². The molecule has 6 nitrogen and oxygen atoms in total. The summed E-state index contributed by atoms with van der Waals surface area (Å²) in [4.78, 5) is 11.3. The third kappa shape index (κ3) is 4.84. The Hall–Kier alpha value is -2.30. The molecule has 11 heteroatoms. The Morgan fingerprint density at radius 1 is 1.24 bits per heavy atom. The zero-order valence-electron chi connectivity index (χ0n) is 13.0. The number of hydrogen-bond donors (Lipinski definition) is 3. The number of nitrogens with zero attached hydrogens (tertiary/aromatic N) is 3. The van der Waals surface area contributed by atoms with Gasteiger partial charge in [-0.15, -0.1) is 0 Å². The van der Waals surface area contributed by atoms with E-state index >= 15 is 0 Å². The van der Waals surface area contributed by atoms with Gasteiger partial charge in [-0.05, 0) is 19.3 Å². The molecule has 0 amide bonds. The van der Waals surface area contributed by atoms with E-state index in [-0.39, 0.29) is 36.7 Å². The van der Waals surface area contributed by atoms with Gasteiger partial charge in [0.1, 0.15) is 24.3 Å². The number of nitrogens with one attached hydrogen (secondary N) is 2. The first-order valence-corrected chi connectivity index (χ1v) is 7.38. The van der Waals surface area contributed by atoms with E-state index in [1.807, 2.05) is 5.32 Å². The molecule has 0 aromatic carbocycles. The molecule has 0 bridgehead atoms. The van der Waals surface area contributed by atoms with Gasteiger partial charge in [0.15, 0.2) is 5.82 Å². The van der Waals surface area contributed by atoms with Crippen LogP contribution in [0.1, 0.15) is 25.1 Å². The van der Waals surface area contributed by atoms with Gasteiger partial charge in [0.05, 0.1) is 0 Å². The van der Waals surface area contributed by atoms with Gasteiger partial charge in [-0.25, -0.2) is 8.78 Å². The first-order chi connectivity index (χ1) is 11.7. The van der Waals surface area contributed by atoms with Crippen LogP contribution in [-0.4, -0.2) is 45.6 Å². The summed E-state index contributed by atoms with van der Waals surface area (Å²) in [5, 5.41) is 13.9. The van der Waals surface area contributed by atoms with E-state index in [1.165, 1.54) is 0 Å². The van der Waals surface area contributed by atoms with E-state index in [0.29, 0.717) is 6.42 Å². The fourth-order valence-electron chi connectivity index (χ4n) is 2.15. The zero-order valence-corrected chi connectivity index (χ0v) is 13.0. The molecule has 0 saturated heterocycles. The molecule has 1 unspecified atom stereocenters. The largest absolute Gasteiger partial charge is 0.430 e. The summed E-state index contributed by atoms with van der Waals surface area (Å²) in [7, 11) is 0. The second-order valence-corrected chi connectivity index (χ2v) is 5.26. The lowest BCUT2D eigenvalue weighted by Crippen LogP contribution is -2.21. The predicted molar refractivity (Wildman–Crippen MR) is 81.0 cm³/mol. The first kappa shape index (κ1) is 19.0. The summed E-state index contributed by atoms with van der Waals surface area (Å²) in [6.07, 6.45) is -5.16. The molecule has 1 aliphatic carbocycles. The Bertz CT molecular complexity index is 676. The van der Waals surface area contributed by atoms with Crippen LogP contribution in [0.2, 0.25) is 0 Å². The molecule has 138 valence electrons. The van der Waals surface area contributed by atoms with Crippen LogP contribution in [0.3, 0.4) is 0 Å². The number of aliphatic hydroxyl groups excluding tert-OH is 1. The maximum absolute atomic E-state index is 14.1. The highest BCUT2D eigenvalue weighted by Gasteiger charge is 2.33. The molecule has 1 atom stereocenters. The average Bonchev–Trinajstić information content (AvgIpc) is 2.54. The fraction of sp³-hybridized carbons (Fsp3) is 0.500. The Labute approximate surface area is 139 Å². The molecule has 3 N–H and O–H groups in total. The average molecular weight is 365 g/mol. The smallest absolute Gasteiger partial charge is 0.386 e. The molecule has 0 spiro atoms. The summed E-state index contributed by atoms with van der Waals surface area (Å²) in [5.41, 5.74) is -1.34. The quantitative estimate of drug-likeness (QED) is 0.673. The van der Waals surface area contributed by atoms with Gasteiger partial charge in [0.2, 0.25) is 11.9 Å². The van der Waals surface area contributed by atoms with Gasteiger partial charge < -0.3 is 15.7 Å². The van der Waals surface area contributed by atoms with Crippen molar-refractivity contribution in [1.82, 2.24) is 15.0 Å². The molecule has 0 radical (unpaired) electrons. The topological polar surface area (TPSA) is 83.0 Å². The third-order valence-electron chi connectivity index (χ3n) is 3.37. The SMILES string of the molecule is C=C(Nc1nc(NCCF)nc(C2=C(F)C(O)CCC2)n1)C(F)(F)F. The van der Waals surface area contributed by atoms with Gasteiger partial charge in [0.25, 0.3) is 0 Å². The Balaban J connectivity index is 2.40. The zero-order chi connectivity index (χ0) is 18.6. The number of hydrogen-bond acceptors (Lipinski definition) is 6. The van der Waals surface area contributed by atoms with Crippen molar-refractivity contribution >= 4 is 17.5 Å². The Morgan fingerprint density at radius 2 is 1.92 bits per heavy atom. The summed E-state index contributed by atoms with van der Waals surface area (Å²) in [6, 6.07) is 0. The van der Waals surface area contributed by atoms with Gasteiger partial charge in [-0.3, -0.25) is 0 Å². The predicted octanol–water partition coefficient (Wildman–Crippen LogP) is 2.97. The van der Waals surface area contributed by atoms with Gasteiger partial charge in [-0.2, -0.15) is 28.1 Å². The molecule has 1 heterocycles. The van der Waals surface area contributed by atoms with E-state index in [2.05, 4.69) is 26.8 Å². The first-order valence-electron chi connectivity index (χ1n) is 7.38. The van der Waals surface area contributed by atoms with Crippen LogP contribution in [0, 0.1) is 0 Å². The third-order valence-corrected chi connectivity index (χ3v) is 3.37. The number of aliphatic hydroxyl groups is 1. The number of allylic oxidation sites excluding steroid dienone is 2. The summed E-state index contributed by atoms with van der Waals surface area (Å²) in [5.74, 6) is -1.81. The van der Waals surface area contributed by atoms with Crippen LogP contribution in [0.5, 0.6) is 0 Å². The molecular weight excluding hydrogens is 349 g/mol. The molecule has 1 aromatic heterocycles. The molecule has 1 aromatic rings. The minimum Gasteiger partial charge on any atom is -0.386 e. The second kappa shape index (κ2) is 7.72. The molecule has 0 aliphatic heterocycles. The summed E-state index contributed by atoms with van der Waals surface area (Å²) in [6.45, 7) is 1.88. The van der Waals surface area contributed by atoms with Crippen molar-refractivity contribution in [3.63, 3.8) is 0 Å². The molecule has 0 saturated carbocycles. The van der Waals surface area contributed by atoms with Crippen molar-refractivity contribution in [3.05, 3.63) is 23.9 Å². The van der Waals surface area contributed by atoms with Crippen molar-refractivity contribution < 1.29 is 27.1 Å². The molecular formula is C14H16F5N5O. The van der Waals surface area contributed by atoms with Crippen molar-refractivity contribution in [2.45, 2.75) is 31.5 Å². The van der Waals surface area contributed by atoms with Gasteiger partial charge in [0, 0.05) is 12.1 Å². The van der Waals surface area contributed by atoms with Gasteiger partial charge in [-0.1, -0.05) is 6.58 Å². The minimum absolute atomic E-state index is 0.0230. The highest BCUT2D eigenvalue weighted by atomic mass is 19.4. The van der Waals surface area contributed by atoms with E-state index in [0.717, 1.165) is 0 Å². The number of aromatic nitrogens is 3. The van der Waals surface area contributed by atoms with Gasteiger partial charge >= 0.3 is 6.18 Å². The standard InChI is InChI=1S/C14H16F5N5O/c1-7(14(17,18)19)21-13-23-11(22-12(24-13)20-6-5-15)8-3-2-4-9(25)10(8)16/h9,25H,1-6H2,(H2,20,21,22,23,24). The molecule has 2 rings (SSSR count). The fourth-order valence-corrected chi connectivity index (χ4v) is 2.15. The maximum Gasteiger partial charge on any atom is 0.430 e. The molecule has 0 fully saturated rings. The maximum atomic E-state index is 14.1. The normalized spacial score (nSPS) is 18.2. The van der Waals surface area contributed by atoms with E-state index in [4.69, 9.17) is 0 Å². The lowest BCUT2D eigenvalue weighted by Gasteiger charge is -2.19. The van der Waals surface area contributed by atoms with E-state index in [9.17, 15) is 27.1 Å². The number of anilines is 2. The van der Waals surface area contributed by atoms with Crippen molar-refractivity contribution in [1.29, 1.82) is 0 Å².